The molecular weight excluding hydrogens is 366 g/mol. The number of amides is 3. The Morgan fingerprint density at radius 2 is 1.93 bits per heavy atom. The molecule has 0 atom stereocenters. The number of thiazole rings is 1. The maximum Gasteiger partial charge on any atom is 0.268 e. The lowest BCUT2D eigenvalue weighted by Crippen LogP contribution is -2.34. The standard InChI is InChI=1S/C19H23N3O4S/c1-4-26-8-7-21-14-10-12(2)9-13(3)18(14)27-19(21)20-15(23)11-22-16(24)5-6-17(22)25/h9-10H,4-8,11H2,1-3H3. The van der Waals surface area contributed by atoms with Gasteiger partial charge in [-0.1, -0.05) is 17.4 Å². The summed E-state index contributed by atoms with van der Waals surface area (Å²) in [5, 5.41) is 0. The van der Waals surface area contributed by atoms with Crippen LogP contribution in [0.3, 0.4) is 0 Å². The Hall–Kier alpha value is -2.32. The molecule has 1 aliphatic rings. The largest absolute Gasteiger partial charge is 0.380 e. The molecule has 3 rings (SSSR count). The van der Waals surface area contributed by atoms with E-state index in [1.54, 1.807) is 0 Å². The summed E-state index contributed by atoms with van der Waals surface area (Å²) in [5.74, 6) is -1.11. The maximum atomic E-state index is 12.4. The number of hydrogen-bond acceptors (Lipinski definition) is 5. The molecular formula is C19H23N3O4S. The minimum Gasteiger partial charge on any atom is -0.380 e. The van der Waals surface area contributed by atoms with E-state index in [9.17, 15) is 14.4 Å². The zero-order valence-corrected chi connectivity index (χ0v) is 16.6. The van der Waals surface area contributed by atoms with Crippen molar-refractivity contribution in [2.45, 2.75) is 40.2 Å². The molecule has 0 aliphatic carbocycles. The lowest BCUT2D eigenvalue weighted by Gasteiger charge is -2.10. The monoisotopic (exact) mass is 389 g/mol. The highest BCUT2D eigenvalue weighted by atomic mass is 32.1. The predicted octanol–water partition coefficient (Wildman–Crippen LogP) is 1.93. The Bertz CT molecular complexity index is 957. The number of fused-ring (bicyclic) bond motifs is 1. The quantitative estimate of drug-likeness (QED) is 0.558. The molecule has 1 aromatic heterocycles. The average Bonchev–Trinajstić information content (AvgIpc) is 3.10. The van der Waals surface area contributed by atoms with Gasteiger partial charge in [0, 0.05) is 26.0 Å². The second kappa shape index (κ2) is 8.14. The van der Waals surface area contributed by atoms with Crippen molar-refractivity contribution in [1.29, 1.82) is 0 Å². The van der Waals surface area contributed by atoms with Crippen LogP contribution in [0.15, 0.2) is 17.1 Å². The van der Waals surface area contributed by atoms with Crippen molar-refractivity contribution in [3.8, 4) is 0 Å². The highest BCUT2D eigenvalue weighted by Gasteiger charge is 2.30. The highest BCUT2D eigenvalue weighted by molar-refractivity contribution is 7.16. The first-order valence-corrected chi connectivity index (χ1v) is 9.81. The van der Waals surface area contributed by atoms with E-state index in [0.717, 1.165) is 26.2 Å². The van der Waals surface area contributed by atoms with Crippen molar-refractivity contribution in [1.82, 2.24) is 9.47 Å². The summed E-state index contributed by atoms with van der Waals surface area (Å²) in [7, 11) is 0. The van der Waals surface area contributed by atoms with Gasteiger partial charge in [0.05, 0.1) is 16.8 Å². The molecule has 7 nitrogen and oxygen atoms in total. The lowest BCUT2D eigenvalue weighted by atomic mass is 10.1. The number of aromatic nitrogens is 1. The van der Waals surface area contributed by atoms with Crippen LogP contribution in [0.25, 0.3) is 10.2 Å². The molecule has 0 unspecified atom stereocenters. The van der Waals surface area contributed by atoms with E-state index >= 15 is 0 Å². The van der Waals surface area contributed by atoms with Crippen LogP contribution in [-0.2, 0) is 25.7 Å². The summed E-state index contributed by atoms with van der Waals surface area (Å²) >= 11 is 1.44. The molecule has 1 fully saturated rings. The van der Waals surface area contributed by atoms with Crippen LogP contribution in [0.5, 0.6) is 0 Å². The fourth-order valence-electron chi connectivity index (χ4n) is 3.19. The lowest BCUT2D eigenvalue weighted by molar-refractivity contribution is -0.141. The van der Waals surface area contributed by atoms with Crippen LogP contribution < -0.4 is 4.80 Å². The molecule has 144 valence electrons. The van der Waals surface area contributed by atoms with E-state index in [4.69, 9.17) is 4.74 Å². The zero-order chi connectivity index (χ0) is 19.6. The molecule has 0 radical (unpaired) electrons. The van der Waals surface area contributed by atoms with E-state index < -0.39 is 5.91 Å². The molecule has 0 N–H and O–H groups in total. The number of carbonyl (C=O) groups is 3. The number of aryl methyl sites for hydroxylation is 2. The molecule has 2 heterocycles. The van der Waals surface area contributed by atoms with Gasteiger partial charge >= 0.3 is 0 Å². The number of hydrogen-bond donors (Lipinski definition) is 0. The third kappa shape index (κ3) is 4.17. The van der Waals surface area contributed by atoms with Gasteiger partial charge in [-0.3, -0.25) is 19.3 Å². The number of benzene rings is 1. The third-order valence-electron chi connectivity index (χ3n) is 4.45. The summed E-state index contributed by atoms with van der Waals surface area (Å²) in [6.45, 7) is 7.41. The van der Waals surface area contributed by atoms with Crippen LogP contribution in [0, 0.1) is 13.8 Å². The van der Waals surface area contributed by atoms with Gasteiger partial charge < -0.3 is 9.30 Å². The molecule has 0 bridgehead atoms. The number of likely N-dealkylation sites (tertiary alicyclic amines) is 1. The van der Waals surface area contributed by atoms with Gasteiger partial charge in [-0.2, -0.15) is 4.99 Å². The molecule has 2 aromatic rings. The molecule has 1 aromatic carbocycles. The number of ether oxygens (including phenoxy) is 1. The predicted molar refractivity (Wildman–Crippen MR) is 102 cm³/mol. The smallest absolute Gasteiger partial charge is 0.268 e. The van der Waals surface area contributed by atoms with Gasteiger partial charge in [-0.25, -0.2) is 0 Å². The van der Waals surface area contributed by atoms with Crippen LogP contribution in [0.1, 0.15) is 30.9 Å². The summed E-state index contributed by atoms with van der Waals surface area (Å²) in [6.07, 6.45) is 0.337. The normalized spacial score (nSPS) is 15.4. The number of nitrogens with zero attached hydrogens (tertiary/aromatic N) is 3. The molecule has 8 heteroatoms. The number of carbonyl (C=O) groups excluding carboxylic acids is 3. The Morgan fingerprint density at radius 1 is 1.22 bits per heavy atom. The Balaban J connectivity index is 1.98. The van der Waals surface area contributed by atoms with Crippen molar-refractivity contribution in [3.05, 3.63) is 28.1 Å². The van der Waals surface area contributed by atoms with Crippen molar-refractivity contribution in [2.24, 2.45) is 4.99 Å². The second-order valence-electron chi connectivity index (χ2n) is 6.54. The van der Waals surface area contributed by atoms with Crippen LogP contribution in [-0.4, -0.2) is 46.9 Å². The van der Waals surface area contributed by atoms with Crippen molar-refractivity contribution in [3.63, 3.8) is 0 Å². The number of rotatable bonds is 6. The van der Waals surface area contributed by atoms with Gasteiger partial charge in [0.15, 0.2) is 4.80 Å². The Kier molecular flexibility index (Phi) is 5.86. The molecule has 3 amide bonds. The summed E-state index contributed by atoms with van der Waals surface area (Å²) in [4.78, 5) is 41.7. The zero-order valence-electron chi connectivity index (χ0n) is 15.8. The van der Waals surface area contributed by atoms with Gasteiger partial charge in [-0.05, 0) is 38.0 Å². The van der Waals surface area contributed by atoms with E-state index in [1.165, 1.54) is 11.3 Å². The highest BCUT2D eigenvalue weighted by Crippen LogP contribution is 2.23. The van der Waals surface area contributed by atoms with E-state index in [1.807, 2.05) is 25.3 Å². The van der Waals surface area contributed by atoms with Crippen molar-refractivity contribution in [2.75, 3.05) is 19.8 Å². The van der Waals surface area contributed by atoms with E-state index in [0.29, 0.717) is 24.6 Å². The fraction of sp³-hybridized carbons (Fsp3) is 0.474. The Morgan fingerprint density at radius 3 is 2.59 bits per heavy atom. The number of imide groups is 1. The maximum absolute atomic E-state index is 12.4. The third-order valence-corrected chi connectivity index (χ3v) is 5.68. The van der Waals surface area contributed by atoms with Gasteiger partial charge in [-0.15, -0.1) is 0 Å². The average molecular weight is 389 g/mol. The molecule has 27 heavy (non-hydrogen) atoms. The first-order chi connectivity index (χ1) is 12.9. The first-order valence-electron chi connectivity index (χ1n) is 8.99. The molecule has 0 saturated carbocycles. The second-order valence-corrected chi connectivity index (χ2v) is 7.52. The summed E-state index contributed by atoms with van der Waals surface area (Å²) in [5.41, 5.74) is 3.27. The van der Waals surface area contributed by atoms with E-state index in [-0.39, 0.29) is 31.2 Å². The summed E-state index contributed by atoms with van der Waals surface area (Å²) < 4.78 is 8.51. The molecule has 1 saturated heterocycles. The minimum absolute atomic E-state index is 0.168. The van der Waals surface area contributed by atoms with Crippen molar-refractivity contribution < 1.29 is 19.1 Å². The van der Waals surface area contributed by atoms with Crippen molar-refractivity contribution >= 4 is 39.3 Å². The minimum atomic E-state index is -0.496. The van der Waals surface area contributed by atoms with Crippen LogP contribution >= 0.6 is 11.3 Å². The topological polar surface area (TPSA) is 81.0 Å². The fourth-order valence-corrected chi connectivity index (χ4v) is 4.31. The molecule has 1 aliphatic heterocycles. The Labute approximate surface area is 161 Å². The van der Waals surface area contributed by atoms with Crippen LogP contribution in [0.2, 0.25) is 0 Å². The van der Waals surface area contributed by atoms with E-state index in [2.05, 4.69) is 17.1 Å². The summed E-state index contributed by atoms with van der Waals surface area (Å²) in [6, 6.07) is 4.17. The SMILES string of the molecule is CCOCCn1c(=NC(=O)CN2C(=O)CCC2=O)sc2c(C)cc(C)cc21. The van der Waals surface area contributed by atoms with Gasteiger partial charge in [0.1, 0.15) is 6.54 Å². The van der Waals surface area contributed by atoms with Gasteiger partial charge in [0.25, 0.3) is 5.91 Å². The van der Waals surface area contributed by atoms with Crippen LogP contribution in [0.4, 0.5) is 0 Å². The molecule has 0 spiro atoms. The van der Waals surface area contributed by atoms with Gasteiger partial charge in [0.2, 0.25) is 11.8 Å². The first kappa shape index (κ1) is 19.4.